The van der Waals surface area contributed by atoms with Gasteiger partial charge in [-0.25, -0.2) is 9.18 Å². The van der Waals surface area contributed by atoms with Crippen LogP contribution in [0.1, 0.15) is 50.3 Å². The standard InChI is InChI=1S/C31H36FN3O4/c1-30(2,3)39-29(36)35-16-14-31(15-17-35,21-10-12-22(32)13-11-21)20-34-19-26-23-8-6-7-9-24(23)27(37-4)25(18-33)28(26)38-5/h6-13,34H,14-17,19-20H2,1-5H3. The SMILES string of the molecule is COc1c(C#N)c(OC)c2ccccc2c1CNCC1(c2ccc(F)cc2)CCN(C(=O)OC(C)(C)C)CC1. The van der Waals surface area contributed by atoms with Gasteiger partial charge in [0.1, 0.15) is 34.5 Å². The van der Waals surface area contributed by atoms with Crippen molar-refractivity contribution in [1.29, 1.82) is 5.26 Å². The summed E-state index contributed by atoms with van der Waals surface area (Å²) in [6.45, 7) is 7.67. The van der Waals surface area contributed by atoms with E-state index in [-0.39, 0.29) is 17.3 Å². The molecule has 1 N–H and O–H groups in total. The zero-order valence-corrected chi connectivity index (χ0v) is 23.3. The van der Waals surface area contributed by atoms with Gasteiger partial charge < -0.3 is 24.4 Å². The van der Waals surface area contributed by atoms with Crippen LogP contribution >= 0.6 is 0 Å². The molecular weight excluding hydrogens is 497 g/mol. The van der Waals surface area contributed by atoms with Gasteiger partial charge >= 0.3 is 6.09 Å². The van der Waals surface area contributed by atoms with Gasteiger partial charge in [0, 0.05) is 42.5 Å². The Kier molecular flexibility index (Phi) is 8.31. The van der Waals surface area contributed by atoms with Gasteiger partial charge in [0.05, 0.1) is 14.2 Å². The number of rotatable bonds is 7. The van der Waals surface area contributed by atoms with Crippen LogP contribution in [0, 0.1) is 17.1 Å². The summed E-state index contributed by atoms with van der Waals surface area (Å²) >= 11 is 0. The van der Waals surface area contributed by atoms with E-state index in [4.69, 9.17) is 14.2 Å². The van der Waals surface area contributed by atoms with E-state index in [1.54, 1.807) is 19.1 Å². The van der Waals surface area contributed by atoms with Crippen molar-refractivity contribution in [3.05, 3.63) is 71.0 Å². The molecule has 0 radical (unpaired) electrons. The van der Waals surface area contributed by atoms with Crippen LogP contribution in [-0.4, -0.2) is 50.4 Å². The third-order valence-corrected chi connectivity index (χ3v) is 7.34. The smallest absolute Gasteiger partial charge is 0.410 e. The number of likely N-dealkylation sites (tertiary alicyclic amines) is 1. The molecule has 7 nitrogen and oxygen atoms in total. The molecule has 3 aromatic rings. The molecule has 1 amide bonds. The zero-order chi connectivity index (χ0) is 28.2. The van der Waals surface area contributed by atoms with E-state index in [9.17, 15) is 14.4 Å². The number of ether oxygens (including phenoxy) is 3. The number of nitriles is 1. The highest BCUT2D eigenvalue weighted by Crippen LogP contribution is 2.41. The molecule has 1 saturated heterocycles. The van der Waals surface area contributed by atoms with Crippen LogP contribution in [0.3, 0.4) is 0 Å². The van der Waals surface area contributed by atoms with E-state index in [1.807, 2.05) is 57.2 Å². The monoisotopic (exact) mass is 533 g/mol. The molecule has 0 atom stereocenters. The van der Waals surface area contributed by atoms with Crippen molar-refractivity contribution in [2.75, 3.05) is 33.9 Å². The molecule has 206 valence electrons. The largest absolute Gasteiger partial charge is 0.495 e. The number of nitrogens with one attached hydrogen (secondary N) is 1. The molecule has 0 bridgehead atoms. The van der Waals surface area contributed by atoms with Crippen LogP contribution in [0.25, 0.3) is 10.8 Å². The van der Waals surface area contributed by atoms with Crippen LogP contribution in [-0.2, 0) is 16.7 Å². The molecule has 3 aromatic carbocycles. The molecule has 0 saturated carbocycles. The maximum atomic E-state index is 13.8. The first-order valence-electron chi connectivity index (χ1n) is 13.1. The third kappa shape index (κ3) is 5.94. The van der Waals surface area contributed by atoms with E-state index in [0.29, 0.717) is 56.1 Å². The number of benzene rings is 3. The Morgan fingerprint density at radius 1 is 1.03 bits per heavy atom. The van der Waals surface area contributed by atoms with Crippen molar-refractivity contribution in [2.45, 2.75) is 51.2 Å². The summed E-state index contributed by atoms with van der Waals surface area (Å²) in [6.07, 6.45) is 1.06. The maximum absolute atomic E-state index is 13.8. The highest BCUT2D eigenvalue weighted by Gasteiger charge is 2.38. The minimum Gasteiger partial charge on any atom is -0.495 e. The van der Waals surface area contributed by atoms with Gasteiger partial charge in [-0.15, -0.1) is 0 Å². The minimum absolute atomic E-state index is 0.286. The first-order chi connectivity index (χ1) is 18.6. The van der Waals surface area contributed by atoms with Crippen molar-refractivity contribution in [2.24, 2.45) is 0 Å². The number of nitrogens with zero attached hydrogens (tertiary/aromatic N) is 2. The van der Waals surface area contributed by atoms with Gasteiger partial charge in [0.15, 0.2) is 0 Å². The molecular formula is C31H36FN3O4. The Balaban J connectivity index is 1.61. The molecule has 0 aliphatic carbocycles. The highest BCUT2D eigenvalue weighted by molar-refractivity contribution is 5.96. The summed E-state index contributed by atoms with van der Waals surface area (Å²) in [5, 5.41) is 15.3. The van der Waals surface area contributed by atoms with Gasteiger partial charge in [-0.3, -0.25) is 0 Å². The lowest BCUT2D eigenvalue weighted by atomic mass is 9.72. The van der Waals surface area contributed by atoms with E-state index in [1.165, 1.54) is 12.1 Å². The van der Waals surface area contributed by atoms with Crippen LogP contribution in [0.4, 0.5) is 9.18 Å². The van der Waals surface area contributed by atoms with Crippen LogP contribution in [0.2, 0.25) is 0 Å². The Bertz CT molecular complexity index is 1370. The number of amides is 1. The van der Waals surface area contributed by atoms with Gasteiger partial charge in [-0.1, -0.05) is 36.4 Å². The Hall–Kier alpha value is -3.83. The number of methoxy groups -OCH3 is 2. The molecule has 8 heteroatoms. The molecule has 0 unspecified atom stereocenters. The van der Waals surface area contributed by atoms with Crippen LogP contribution < -0.4 is 14.8 Å². The summed E-state index contributed by atoms with van der Waals surface area (Å²) in [7, 11) is 3.11. The van der Waals surface area contributed by atoms with E-state index >= 15 is 0 Å². The molecule has 1 aliphatic rings. The second-order valence-corrected chi connectivity index (χ2v) is 10.9. The lowest BCUT2D eigenvalue weighted by Crippen LogP contribution is -2.50. The van der Waals surface area contributed by atoms with Crippen molar-refractivity contribution in [3.63, 3.8) is 0 Å². The Labute approximate surface area is 229 Å². The lowest BCUT2D eigenvalue weighted by molar-refractivity contribution is 0.0163. The van der Waals surface area contributed by atoms with Crippen LogP contribution in [0.5, 0.6) is 11.5 Å². The van der Waals surface area contributed by atoms with E-state index in [0.717, 1.165) is 21.9 Å². The Morgan fingerprint density at radius 2 is 1.64 bits per heavy atom. The predicted octanol–water partition coefficient (Wildman–Crippen LogP) is 5.93. The summed E-state index contributed by atoms with van der Waals surface area (Å²) in [6, 6.07) is 16.7. The molecule has 4 rings (SSSR count). The van der Waals surface area contributed by atoms with Crippen molar-refractivity contribution in [1.82, 2.24) is 10.2 Å². The fourth-order valence-electron chi connectivity index (χ4n) is 5.41. The number of carbonyl (C=O) groups is 1. The van der Waals surface area contributed by atoms with Crippen molar-refractivity contribution < 1.29 is 23.4 Å². The summed E-state index contributed by atoms with van der Waals surface area (Å²) < 4.78 is 30.7. The van der Waals surface area contributed by atoms with E-state index in [2.05, 4.69) is 11.4 Å². The summed E-state index contributed by atoms with van der Waals surface area (Å²) in [5.74, 6) is 0.689. The quantitative estimate of drug-likeness (QED) is 0.406. The van der Waals surface area contributed by atoms with Crippen molar-refractivity contribution >= 4 is 16.9 Å². The highest BCUT2D eigenvalue weighted by atomic mass is 19.1. The van der Waals surface area contributed by atoms with Crippen LogP contribution in [0.15, 0.2) is 48.5 Å². The molecule has 0 aromatic heterocycles. The van der Waals surface area contributed by atoms with Gasteiger partial charge in [0.2, 0.25) is 0 Å². The molecule has 1 heterocycles. The topological polar surface area (TPSA) is 83.8 Å². The number of halogens is 1. The molecule has 1 aliphatic heterocycles. The molecule has 39 heavy (non-hydrogen) atoms. The lowest BCUT2D eigenvalue weighted by Gasteiger charge is -2.42. The first kappa shape index (κ1) is 28.2. The first-order valence-corrected chi connectivity index (χ1v) is 13.1. The number of hydrogen-bond donors (Lipinski definition) is 1. The summed E-state index contributed by atoms with van der Waals surface area (Å²) in [5.41, 5.74) is 1.36. The number of carbonyl (C=O) groups excluding carboxylic acids is 1. The zero-order valence-electron chi connectivity index (χ0n) is 23.3. The van der Waals surface area contributed by atoms with Gasteiger partial charge in [-0.05, 0) is 56.7 Å². The van der Waals surface area contributed by atoms with E-state index < -0.39 is 5.60 Å². The Morgan fingerprint density at radius 3 is 2.21 bits per heavy atom. The van der Waals surface area contributed by atoms with Gasteiger partial charge in [-0.2, -0.15) is 5.26 Å². The second kappa shape index (κ2) is 11.5. The normalized spacial score (nSPS) is 15.1. The minimum atomic E-state index is -0.563. The average molecular weight is 534 g/mol. The number of hydrogen-bond acceptors (Lipinski definition) is 6. The number of fused-ring (bicyclic) bond motifs is 1. The van der Waals surface area contributed by atoms with Crippen molar-refractivity contribution in [3.8, 4) is 17.6 Å². The fraction of sp³-hybridized carbons (Fsp3) is 0.419. The summed E-state index contributed by atoms with van der Waals surface area (Å²) in [4.78, 5) is 14.4. The second-order valence-electron chi connectivity index (χ2n) is 10.9. The maximum Gasteiger partial charge on any atom is 0.410 e. The third-order valence-electron chi connectivity index (χ3n) is 7.34. The average Bonchev–Trinajstić information content (AvgIpc) is 2.92. The molecule has 1 fully saturated rings. The predicted molar refractivity (Wildman–Crippen MR) is 149 cm³/mol. The van der Waals surface area contributed by atoms with Gasteiger partial charge in [0.25, 0.3) is 0 Å². The molecule has 0 spiro atoms. The fourth-order valence-corrected chi connectivity index (χ4v) is 5.41. The number of piperidine rings is 1.